The number of hydrogen-bond acceptors (Lipinski definition) is 3. The second-order valence-corrected chi connectivity index (χ2v) is 8.07. The second kappa shape index (κ2) is 5.54. The van der Waals surface area contributed by atoms with Crippen LogP contribution >= 0.6 is 0 Å². The fraction of sp³-hybridized carbons (Fsp3) is 0.941. The van der Waals surface area contributed by atoms with Gasteiger partial charge in [-0.3, -0.25) is 9.69 Å². The second-order valence-electron chi connectivity index (χ2n) is 8.07. The van der Waals surface area contributed by atoms with Gasteiger partial charge in [-0.15, -0.1) is 0 Å². The summed E-state index contributed by atoms with van der Waals surface area (Å²) in [5.74, 6) is 0.698. The molecule has 3 aliphatic rings. The molecule has 0 bridgehead atoms. The lowest BCUT2D eigenvalue weighted by atomic mass is 9.71. The van der Waals surface area contributed by atoms with Gasteiger partial charge in [0.1, 0.15) is 0 Å². The van der Waals surface area contributed by atoms with Crippen molar-refractivity contribution in [3.63, 3.8) is 0 Å². The van der Waals surface area contributed by atoms with Gasteiger partial charge in [-0.25, -0.2) is 0 Å². The van der Waals surface area contributed by atoms with E-state index in [2.05, 4.69) is 42.4 Å². The first-order chi connectivity index (χ1) is 9.90. The molecule has 0 radical (unpaired) electrons. The molecule has 0 saturated carbocycles. The minimum Gasteiger partial charge on any atom is -0.341 e. The van der Waals surface area contributed by atoms with Crippen LogP contribution in [-0.2, 0) is 4.79 Å². The highest BCUT2D eigenvalue weighted by atomic mass is 16.2. The van der Waals surface area contributed by atoms with Gasteiger partial charge in [0.25, 0.3) is 0 Å². The first-order valence-corrected chi connectivity index (χ1v) is 8.67. The summed E-state index contributed by atoms with van der Waals surface area (Å²) >= 11 is 0. The molecule has 0 atom stereocenters. The van der Waals surface area contributed by atoms with E-state index in [4.69, 9.17) is 0 Å². The average Bonchev–Trinajstić information content (AvgIpc) is 2.33. The highest BCUT2D eigenvalue weighted by Gasteiger charge is 2.49. The molecule has 21 heavy (non-hydrogen) atoms. The Morgan fingerprint density at radius 1 is 0.952 bits per heavy atom. The zero-order chi connectivity index (χ0) is 15.2. The smallest absolute Gasteiger partial charge is 0.228 e. The number of hydrogen-bond donors (Lipinski definition) is 0. The Kier molecular flexibility index (Phi) is 4.04. The van der Waals surface area contributed by atoms with E-state index in [1.54, 1.807) is 0 Å². The van der Waals surface area contributed by atoms with Crippen LogP contribution in [-0.4, -0.2) is 72.0 Å². The van der Waals surface area contributed by atoms with Crippen LogP contribution < -0.4 is 0 Å². The Labute approximate surface area is 129 Å². The Morgan fingerprint density at radius 2 is 1.48 bits per heavy atom. The Morgan fingerprint density at radius 3 is 1.95 bits per heavy atom. The highest BCUT2D eigenvalue weighted by Crippen LogP contribution is 2.41. The SMILES string of the molecule is CC(C)N1CCC2(CC1)CN(C(=O)C1CN(C(C)C)C1)C2. The Balaban J connectivity index is 1.43. The van der Waals surface area contributed by atoms with Crippen molar-refractivity contribution in [1.29, 1.82) is 0 Å². The van der Waals surface area contributed by atoms with Crippen molar-refractivity contribution in [1.82, 2.24) is 14.7 Å². The molecule has 0 aliphatic carbocycles. The highest BCUT2D eigenvalue weighted by molar-refractivity contribution is 5.81. The van der Waals surface area contributed by atoms with Crippen LogP contribution in [0.15, 0.2) is 0 Å². The van der Waals surface area contributed by atoms with E-state index in [1.165, 1.54) is 25.9 Å². The number of carbonyl (C=O) groups excluding carboxylic acids is 1. The summed E-state index contributed by atoms with van der Waals surface area (Å²) in [4.78, 5) is 19.6. The molecular weight excluding hydrogens is 262 g/mol. The van der Waals surface area contributed by atoms with Gasteiger partial charge in [0.2, 0.25) is 5.91 Å². The van der Waals surface area contributed by atoms with E-state index < -0.39 is 0 Å². The summed E-state index contributed by atoms with van der Waals surface area (Å²) < 4.78 is 0. The predicted molar refractivity (Wildman–Crippen MR) is 85.2 cm³/mol. The number of amides is 1. The van der Waals surface area contributed by atoms with Gasteiger partial charge in [-0.2, -0.15) is 0 Å². The summed E-state index contributed by atoms with van der Waals surface area (Å²) in [5.41, 5.74) is 0.461. The minimum atomic E-state index is 0.278. The van der Waals surface area contributed by atoms with Gasteiger partial charge >= 0.3 is 0 Å². The maximum absolute atomic E-state index is 12.5. The van der Waals surface area contributed by atoms with E-state index in [-0.39, 0.29) is 5.92 Å². The van der Waals surface area contributed by atoms with Crippen molar-refractivity contribution in [2.45, 2.75) is 52.6 Å². The van der Waals surface area contributed by atoms with Crippen molar-refractivity contribution in [3.8, 4) is 0 Å². The number of carbonyl (C=O) groups is 1. The molecule has 3 heterocycles. The average molecular weight is 293 g/mol. The molecule has 120 valence electrons. The lowest BCUT2D eigenvalue weighted by molar-refractivity contribution is -0.157. The van der Waals surface area contributed by atoms with E-state index in [0.29, 0.717) is 23.4 Å². The first kappa shape index (κ1) is 15.3. The molecule has 1 spiro atoms. The van der Waals surface area contributed by atoms with E-state index >= 15 is 0 Å². The zero-order valence-corrected chi connectivity index (χ0v) is 14.1. The van der Waals surface area contributed by atoms with Gasteiger partial charge in [0, 0.05) is 43.7 Å². The molecule has 0 aromatic heterocycles. The molecule has 0 aromatic carbocycles. The largest absolute Gasteiger partial charge is 0.341 e. The topological polar surface area (TPSA) is 26.8 Å². The van der Waals surface area contributed by atoms with Crippen molar-refractivity contribution in [2.75, 3.05) is 39.3 Å². The molecule has 4 nitrogen and oxygen atoms in total. The fourth-order valence-corrected chi connectivity index (χ4v) is 4.10. The maximum atomic E-state index is 12.5. The number of likely N-dealkylation sites (tertiary alicyclic amines) is 3. The first-order valence-electron chi connectivity index (χ1n) is 8.67. The van der Waals surface area contributed by atoms with Crippen LogP contribution in [0.4, 0.5) is 0 Å². The predicted octanol–water partition coefficient (Wildman–Crippen LogP) is 1.66. The number of rotatable bonds is 3. The molecule has 1 amide bonds. The number of piperidine rings is 1. The summed E-state index contributed by atoms with van der Waals surface area (Å²) in [6, 6.07) is 1.24. The van der Waals surface area contributed by atoms with Gasteiger partial charge in [0.15, 0.2) is 0 Å². The Bertz CT molecular complexity index is 385. The van der Waals surface area contributed by atoms with Crippen molar-refractivity contribution < 1.29 is 4.79 Å². The van der Waals surface area contributed by atoms with E-state index in [9.17, 15) is 4.79 Å². The Hall–Kier alpha value is -0.610. The standard InChI is InChI=1S/C17H31N3O/c1-13(2)18-7-5-17(6-8-18)11-20(12-17)16(21)15-9-19(10-15)14(3)4/h13-15H,5-12H2,1-4H3. The lowest BCUT2D eigenvalue weighted by Crippen LogP contribution is -2.66. The maximum Gasteiger partial charge on any atom is 0.228 e. The van der Waals surface area contributed by atoms with Crippen molar-refractivity contribution in [2.24, 2.45) is 11.3 Å². The molecule has 3 rings (SSSR count). The van der Waals surface area contributed by atoms with Crippen molar-refractivity contribution in [3.05, 3.63) is 0 Å². The van der Waals surface area contributed by atoms with Crippen LogP contribution in [0.25, 0.3) is 0 Å². The van der Waals surface area contributed by atoms with Gasteiger partial charge in [-0.05, 0) is 53.6 Å². The van der Waals surface area contributed by atoms with Crippen LogP contribution in [0.5, 0.6) is 0 Å². The lowest BCUT2D eigenvalue weighted by Gasteiger charge is -2.56. The molecule has 0 aromatic rings. The minimum absolute atomic E-state index is 0.278. The quantitative estimate of drug-likeness (QED) is 0.792. The molecule has 3 aliphatic heterocycles. The molecule has 3 fully saturated rings. The van der Waals surface area contributed by atoms with E-state index in [0.717, 1.165) is 26.2 Å². The molecular formula is C17H31N3O. The molecule has 3 saturated heterocycles. The van der Waals surface area contributed by atoms with Crippen LogP contribution in [0.3, 0.4) is 0 Å². The van der Waals surface area contributed by atoms with Gasteiger partial charge < -0.3 is 9.80 Å². The molecule has 0 N–H and O–H groups in total. The van der Waals surface area contributed by atoms with Gasteiger partial charge in [0.05, 0.1) is 5.92 Å². The summed E-state index contributed by atoms with van der Waals surface area (Å²) in [6.45, 7) is 15.4. The van der Waals surface area contributed by atoms with Crippen LogP contribution in [0.2, 0.25) is 0 Å². The van der Waals surface area contributed by atoms with Crippen molar-refractivity contribution >= 4 is 5.91 Å². The third-order valence-corrected chi connectivity index (χ3v) is 5.94. The number of nitrogens with zero attached hydrogens (tertiary/aromatic N) is 3. The molecule has 0 unspecified atom stereocenters. The third-order valence-electron chi connectivity index (χ3n) is 5.94. The summed E-state index contributed by atoms with van der Waals surface area (Å²) in [5, 5.41) is 0. The monoisotopic (exact) mass is 293 g/mol. The fourth-order valence-electron chi connectivity index (χ4n) is 4.10. The van der Waals surface area contributed by atoms with Crippen LogP contribution in [0.1, 0.15) is 40.5 Å². The third kappa shape index (κ3) is 2.85. The molecule has 4 heteroatoms. The normalized spacial score (nSPS) is 27.2. The van der Waals surface area contributed by atoms with Gasteiger partial charge in [-0.1, -0.05) is 0 Å². The zero-order valence-electron chi connectivity index (χ0n) is 14.1. The summed E-state index contributed by atoms with van der Waals surface area (Å²) in [6.07, 6.45) is 2.55. The summed E-state index contributed by atoms with van der Waals surface area (Å²) in [7, 11) is 0. The van der Waals surface area contributed by atoms with E-state index in [1.807, 2.05) is 0 Å². The van der Waals surface area contributed by atoms with Crippen LogP contribution in [0, 0.1) is 11.3 Å².